The third-order valence-corrected chi connectivity index (χ3v) is 5.48. The van der Waals surface area contributed by atoms with Gasteiger partial charge in [0, 0.05) is 19.3 Å². The second-order valence-electron chi connectivity index (χ2n) is 8.87. The van der Waals surface area contributed by atoms with Crippen molar-refractivity contribution in [2.24, 2.45) is 5.41 Å². The zero-order valence-electron chi connectivity index (χ0n) is 24.5. The predicted molar refractivity (Wildman–Crippen MR) is 122 cm³/mol. The summed E-state index contributed by atoms with van der Waals surface area (Å²) in [5.41, 5.74) is 0.694. The van der Waals surface area contributed by atoms with Crippen molar-refractivity contribution < 1.29 is 31.9 Å². The topological polar surface area (TPSA) is 78.9 Å². The van der Waals surface area contributed by atoms with Crippen molar-refractivity contribution in [3.8, 4) is 0 Å². The first-order chi connectivity index (χ1) is 17.4. The number of aryl methyl sites for hydroxylation is 2. The van der Waals surface area contributed by atoms with Crippen molar-refractivity contribution >= 4 is 24.4 Å². The van der Waals surface area contributed by atoms with Gasteiger partial charge in [-0.05, 0) is 49.3 Å². The zero-order valence-corrected chi connectivity index (χ0v) is 18.5. The lowest BCUT2D eigenvalue weighted by Gasteiger charge is -2.39. The number of nitrogens with one attached hydrogen (secondary N) is 1. The van der Waals surface area contributed by atoms with Crippen LogP contribution in [0.2, 0.25) is 0 Å². The molecule has 2 N–H and O–H groups in total. The Morgan fingerprint density at radius 3 is 2.50 bits per heavy atom. The minimum Gasteiger partial charge on any atom is -0.423 e. The number of rotatable bonds is 4. The van der Waals surface area contributed by atoms with E-state index < -0.39 is 55.5 Å². The third kappa shape index (κ3) is 4.71. The van der Waals surface area contributed by atoms with Crippen LogP contribution in [-0.4, -0.2) is 35.0 Å². The lowest BCUT2D eigenvalue weighted by Crippen LogP contribution is -2.56. The molecule has 1 atom stereocenters. The van der Waals surface area contributed by atoms with E-state index in [1.807, 2.05) is 20.8 Å². The molecule has 8 heteroatoms. The average molecular weight is 446 g/mol. The molecule has 170 valence electrons. The summed E-state index contributed by atoms with van der Waals surface area (Å²) in [5, 5.41) is 10.9. The van der Waals surface area contributed by atoms with Crippen molar-refractivity contribution in [2.75, 3.05) is 0 Å². The second kappa shape index (κ2) is 9.04. The van der Waals surface area contributed by atoms with Crippen molar-refractivity contribution in [2.45, 2.75) is 60.5 Å². The van der Waals surface area contributed by atoms with Gasteiger partial charge >= 0.3 is 7.12 Å². The zero-order chi connectivity index (χ0) is 28.8. The number of hydrazine groups is 1. The number of carbonyl (C=O) groups is 2. The van der Waals surface area contributed by atoms with Crippen LogP contribution in [0, 0.1) is 24.9 Å². The van der Waals surface area contributed by atoms with Crippen LogP contribution in [-0.2, 0) is 11.3 Å². The minimum absolute atomic E-state index is 0.0203. The highest BCUT2D eigenvalue weighted by molar-refractivity contribution is 6.61. The molecule has 1 aliphatic heterocycles. The summed E-state index contributed by atoms with van der Waals surface area (Å²) in [7, 11) is -1.53. The van der Waals surface area contributed by atoms with E-state index in [1.165, 1.54) is 12.1 Å². The highest BCUT2D eigenvalue weighted by Crippen LogP contribution is 2.28. The molecule has 0 aliphatic carbocycles. The SMILES string of the molecule is [2H]C([2H])([2H])c1cc(C(=O)N(NC(=O)c2ccc3c(c2F)B(O)OC3)[C@@H](CC)C(C)(C)C)cc(C([2H])([2H])[2H])c1. The molecule has 0 fully saturated rings. The highest BCUT2D eigenvalue weighted by atomic mass is 19.1. The molecule has 32 heavy (non-hydrogen) atoms. The van der Waals surface area contributed by atoms with Crippen molar-refractivity contribution in [1.29, 1.82) is 0 Å². The summed E-state index contributed by atoms with van der Waals surface area (Å²) in [6, 6.07) is 5.16. The summed E-state index contributed by atoms with van der Waals surface area (Å²) in [5.74, 6) is -2.83. The van der Waals surface area contributed by atoms with Gasteiger partial charge in [-0.15, -0.1) is 0 Å². The van der Waals surface area contributed by atoms with Crippen LogP contribution in [0.5, 0.6) is 0 Å². The fourth-order valence-electron chi connectivity index (χ4n) is 3.97. The molecular weight excluding hydrogens is 410 g/mol. The molecule has 3 rings (SSSR count). The Hall–Kier alpha value is -2.71. The Morgan fingerprint density at radius 1 is 1.28 bits per heavy atom. The fourth-order valence-corrected chi connectivity index (χ4v) is 3.97. The number of fused-ring (bicyclic) bond motifs is 1. The van der Waals surface area contributed by atoms with Gasteiger partial charge in [-0.25, -0.2) is 9.40 Å². The van der Waals surface area contributed by atoms with Crippen LogP contribution in [0.1, 0.15) is 79.7 Å². The van der Waals surface area contributed by atoms with Crippen LogP contribution in [0.4, 0.5) is 4.39 Å². The standard InChI is InChI=1S/C24H30BFN2O4/c1-7-19(24(4,5)6)28(23(30)17-11-14(2)10-15(3)12-17)27-22(29)18-9-8-16-13-32-25(31)20(16)21(18)26/h8-12,19,31H,7,13H2,1-6H3,(H,27,29)/t19-/m0/s1/i2D3,3D3. The largest absolute Gasteiger partial charge is 0.494 e. The Bertz CT molecular complexity index is 1210. The van der Waals surface area contributed by atoms with Crippen LogP contribution in [0.3, 0.4) is 0 Å². The predicted octanol–water partition coefficient (Wildman–Crippen LogP) is 3.27. The maximum Gasteiger partial charge on any atom is 0.494 e. The number of hydrogen-bond donors (Lipinski definition) is 2. The molecule has 6 nitrogen and oxygen atoms in total. The molecule has 2 aromatic carbocycles. The van der Waals surface area contributed by atoms with E-state index in [0.717, 1.165) is 23.2 Å². The molecule has 0 saturated carbocycles. The van der Waals surface area contributed by atoms with Gasteiger partial charge in [-0.3, -0.25) is 15.0 Å². The van der Waals surface area contributed by atoms with Crippen molar-refractivity contribution in [1.82, 2.24) is 10.4 Å². The summed E-state index contributed by atoms with van der Waals surface area (Å²) in [6.45, 7) is 1.83. The van der Waals surface area contributed by atoms with E-state index in [2.05, 4.69) is 5.43 Å². The fraction of sp³-hybridized carbons (Fsp3) is 0.417. The molecule has 0 radical (unpaired) electrons. The molecule has 0 bridgehead atoms. The van der Waals surface area contributed by atoms with Crippen LogP contribution >= 0.6 is 0 Å². The molecule has 0 aromatic heterocycles. The molecule has 1 aliphatic rings. The van der Waals surface area contributed by atoms with Crippen molar-refractivity contribution in [3.05, 3.63) is 64.0 Å². The number of nitrogens with zero attached hydrogens (tertiary/aromatic N) is 1. The molecule has 2 amide bonds. The molecule has 1 heterocycles. The molecule has 0 spiro atoms. The number of carbonyl (C=O) groups excluding carboxylic acids is 2. The van der Waals surface area contributed by atoms with Crippen LogP contribution < -0.4 is 10.9 Å². The van der Waals surface area contributed by atoms with Gasteiger partial charge in [0.2, 0.25) is 0 Å². The summed E-state index contributed by atoms with van der Waals surface area (Å²) >= 11 is 0. The van der Waals surface area contributed by atoms with Crippen molar-refractivity contribution in [3.63, 3.8) is 0 Å². The summed E-state index contributed by atoms with van der Waals surface area (Å²) in [4.78, 5) is 27.1. The summed E-state index contributed by atoms with van der Waals surface area (Å²) in [6.07, 6.45) is 0.347. The van der Waals surface area contributed by atoms with Gasteiger partial charge in [0.25, 0.3) is 11.8 Å². The van der Waals surface area contributed by atoms with Gasteiger partial charge in [0.1, 0.15) is 5.82 Å². The maximum absolute atomic E-state index is 15.2. The van der Waals surface area contributed by atoms with Crippen LogP contribution in [0.25, 0.3) is 0 Å². The van der Waals surface area contributed by atoms with E-state index in [-0.39, 0.29) is 28.8 Å². The molecule has 0 unspecified atom stereocenters. The smallest absolute Gasteiger partial charge is 0.423 e. The third-order valence-electron chi connectivity index (χ3n) is 5.48. The lowest BCUT2D eigenvalue weighted by molar-refractivity contribution is 0.0283. The second-order valence-corrected chi connectivity index (χ2v) is 8.87. The van der Waals surface area contributed by atoms with Crippen LogP contribution in [0.15, 0.2) is 30.3 Å². The Morgan fingerprint density at radius 2 is 1.94 bits per heavy atom. The number of halogens is 1. The number of hydrogen-bond acceptors (Lipinski definition) is 4. The van der Waals surface area contributed by atoms with Gasteiger partial charge in [-0.2, -0.15) is 0 Å². The number of benzene rings is 2. The lowest BCUT2D eigenvalue weighted by atomic mass is 9.78. The first kappa shape index (κ1) is 16.9. The Labute approximate surface area is 197 Å². The van der Waals surface area contributed by atoms with E-state index in [9.17, 15) is 14.6 Å². The van der Waals surface area contributed by atoms with E-state index in [1.54, 1.807) is 6.92 Å². The maximum atomic E-state index is 15.2. The summed E-state index contributed by atoms with van der Waals surface area (Å²) < 4.78 is 66.7. The molecular formula is C24H30BFN2O4. The normalized spacial score (nSPS) is 17.8. The van der Waals surface area contributed by atoms with Gasteiger partial charge in [0.05, 0.1) is 18.2 Å². The van der Waals surface area contributed by atoms with E-state index >= 15 is 4.39 Å². The number of amides is 2. The van der Waals surface area contributed by atoms with E-state index in [4.69, 9.17) is 12.9 Å². The monoisotopic (exact) mass is 446 g/mol. The Kier molecular flexibility index (Phi) is 4.76. The minimum atomic E-state index is -2.70. The Balaban J connectivity index is 2.11. The average Bonchev–Trinajstić information content (AvgIpc) is 3.17. The van der Waals surface area contributed by atoms with E-state index in [0.29, 0.717) is 12.0 Å². The highest BCUT2D eigenvalue weighted by Gasteiger charge is 2.37. The van der Waals surface area contributed by atoms with Gasteiger partial charge in [0.15, 0.2) is 0 Å². The first-order valence-corrected chi connectivity index (χ1v) is 10.3. The quantitative estimate of drug-likeness (QED) is 0.558. The van der Waals surface area contributed by atoms with Gasteiger partial charge < -0.3 is 9.68 Å². The van der Waals surface area contributed by atoms with Gasteiger partial charge in [-0.1, -0.05) is 51.0 Å². The molecule has 2 aromatic rings. The first-order valence-electron chi connectivity index (χ1n) is 13.3. The molecule has 0 saturated heterocycles.